The molecular weight excluding hydrogens is 684 g/mol. The average Bonchev–Trinajstić information content (AvgIpc) is 3.62. The minimum atomic E-state index is -2.39. The van der Waals surface area contributed by atoms with Crippen molar-refractivity contribution in [3.63, 3.8) is 0 Å². The van der Waals surface area contributed by atoms with E-state index in [4.69, 9.17) is 21.8 Å². The van der Waals surface area contributed by atoms with E-state index in [-0.39, 0.29) is 0 Å². The molecule has 7 aromatic carbocycles. The molecule has 0 aliphatic heterocycles. The van der Waals surface area contributed by atoms with Gasteiger partial charge < -0.3 is 0 Å². The Kier molecular flexibility index (Phi) is 6.66. The lowest BCUT2D eigenvalue weighted by molar-refractivity contribution is 1.32. The summed E-state index contributed by atoms with van der Waals surface area (Å²) < 4.78 is 2.37. The Morgan fingerprint density at radius 3 is 2.02 bits per heavy atom. The second kappa shape index (κ2) is 11.6. The minimum Gasteiger partial charge on any atom is -0.292 e. The summed E-state index contributed by atoms with van der Waals surface area (Å²) in [6, 6.07) is 54.0. The van der Waals surface area contributed by atoms with Gasteiger partial charge in [-0.2, -0.15) is 0 Å². The second-order valence-electron chi connectivity index (χ2n) is 13.7. The van der Waals surface area contributed by atoms with E-state index in [1.165, 1.54) is 37.7 Å². The number of nitrogens with zero attached hydrogens (tertiary/aromatic N) is 4. The number of imidazole rings is 1. The molecule has 0 saturated heterocycles. The Morgan fingerprint density at radius 1 is 0.491 bits per heavy atom. The van der Waals surface area contributed by atoms with Crippen LogP contribution in [0.1, 0.15) is 0 Å². The van der Waals surface area contributed by atoms with Gasteiger partial charge in [0.25, 0.3) is 0 Å². The summed E-state index contributed by atoms with van der Waals surface area (Å²) >= 11 is 6.57. The lowest BCUT2D eigenvalue weighted by Gasteiger charge is -2.23. The van der Waals surface area contributed by atoms with Crippen molar-refractivity contribution in [1.82, 2.24) is 19.4 Å². The fraction of sp³-hybridized carbons (Fsp3) is 0. The van der Waals surface area contributed by atoms with Crippen LogP contribution in [0.25, 0.3) is 81.8 Å². The first-order valence-electron chi connectivity index (χ1n) is 17.7. The number of hydrogen-bond acceptors (Lipinski definition) is 4. The first-order chi connectivity index (χ1) is 26.1. The molecule has 0 spiro atoms. The van der Waals surface area contributed by atoms with Crippen molar-refractivity contribution in [3.8, 4) is 11.1 Å². The first-order valence-corrected chi connectivity index (χ1v) is 20.5. The van der Waals surface area contributed by atoms with Crippen LogP contribution in [0.3, 0.4) is 0 Å². The van der Waals surface area contributed by atoms with Crippen molar-refractivity contribution in [3.05, 3.63) is 176 Å². The van der Waals surface area contributed by atoms with Crippen LogP contribution in [0, 0.1) is 0 Å². The van der Waals surface area contributed by atoms with E-state index in [0.29, 0.717) is 0 Å². The maximum absolute atomic E-state index is 6.57. The predicted molar refractivity (Wildman–Crippen MR) is 227 cm³/mol. The summed E-state index contributed by atoms with van der Waals surface area (Å²) in [6.07, 6.45) is 5.63. The largest absolute Gasteiger partial charge is 0.292 e. The van der Waals surface area contributed by atoms with Gasteiger partial charge in [-0.3, -0.25) is 14.4 Å². The van der Waals surface area contributed by atoms with E-state index < -0.39 is 6.04 Å². The molecule has 0 aliphatic carbocycles. The van der Waals surface area contributed by atoms with Gasteiger partial charge in [0.1, 0.15) is 5.65 Å². The van der Waals surface area contributed by atoms with Gasteiger partial charge in [0.2, 0.25) is 0 Å². The highest BCUT2D eigenvalue weighted by Crippen LogP contribution is 2.43. The summed E-state index contributed by atoms with van der Waals surface area (Å²) in [5, 5.41) is 12.9. The number of rotatable bonds is 4. The molecule has 6 heteroatoms. The van der Waals surface area contributed by atoms with Gasteiger partial charge in [-0.05, 0) is 103 Å². The van der Waals surface area contributed by atoms with Gasteiger partial charge in [0.05, 0.1) is 28.0 Å². The second-order valence-corrected chi connectivity index (χ2v) is 18.0. The zero-order chi connectivity index (χ0) is 35.1. The fourth-order valence-electron chi connectivity index (χ4n) is 8.12. The normalized spacial score (nSPS) is 13.1. The summed E-state index contributed by atoms with van der Waals surface area (Å²) in [5.74, 6) is 0. The zero-order valence-corrected chi connectivity index (χ0v) is 30.1. The Hall–Kier alpha value is -6.26. The van der Waals surface area contributed by atoms with Gasteiger partial charge in [0, 0.05) is 34.7 Å². The third-order valence-electron chi connectivity index (χ3n) is 10.7. The number of aromatic nitrogens is 4. The van der Waals surface area contributed by atoms with Gasteiger partial charge in [-0.25, -0.2) is 4.98 Å². The third kappa shape index (κ3) is 4.61. The molecule has 11 aromatic rings. The summed E-state index contributed by atoms with van der Waals surface area (Å²) in [4.78, 5) is 14.7. The number of hydrogen-bond donors (Lipinski definition) is 0. The molecule has 0 amide bonds. The van der Waals surface area contributed by atoms with E-state index in [1.54, 1.807) is 0 Å². The van der Waals surface area contributed by atoms with Crippen LogP contribution >= 0.6 is 6.04 Å². The molecule has 248 valence electrons. The predicted octanol–water partition coefficient (Wildman–Crippen LogP) is 10.5. The molecular formula is C47H29N4PS. The molecule has 0 aliphatic rings. The molecule has 4 nitrogen and oxygen atoms in total. The number of fused-ring (bicyclic) bond motifs is 12. The van der Waals surface area contributed by atoms with Crippen molar-refractivity contribution >= 4 is 105 Å². The molecule has 1 unspecified atom stereocenters. The highest BCUT2D eigenvalue weighted by molar-refractivity contribution is 8.25. The smallest absolute Gasteiger partial charge is 0.147 e. The van der Waals surface area contributed by atoms with Crippen molar-refractivity contribution in [1.29, 1.82) is 0 Å². The van der Waals surface area contributed by atoms with Crippen LogP contribution in [0.15, 0.2) is 176 Å². The van der Waals surface area contributed by atoms with Gasteiger partial charge in [-0.15, -0.1) is 0 Å². The number of benzene rings is 7. The van der Waals surface area contributed by atoms with Crippen LogP contribution in [0.5, 0.6) is 0 Å². The first kappa shape index (κ1) is 30.4. The molecule has 53 heavy (non-hydrogen) atoms. The Bertz CT molecular complexity index is 3280. The van der Waals surface area contributed by atoms with Crippen LogP contribution in [0.2, 0.25) is 0 Å². The highest BCUT2D eigenvalue weighted by atomic mass is 32.4. The van der Waals surface area contributed by atoms with E-state index in [9.17, 15) is 0 Å². The summed E-state index contributed by atoms with van der Waals surface area (Å²) in [6.45, 7) is 0. The Balaban J connectivity index is 1.11. The zero-order valence-electron chi connectivity index (χ0n) is 28.4. The van der Waals surface area contributed by atoms with Gasteiger partial charge in [0.15, 0.2) is 0 Å². The van der Waals surface area contributed by atoms with Crippen LogP contribution in [0.4, 0.5) is 0 Å². The van der Waals surface area contributed by atoms with Crippen molar-refractivity contribution in [2.45, 2.75) is 0 Å². The van der Waals surface area contributed by atoms with E-state index in [0.717, 1.165) is 60.1 Å². The SMILES string of the molecule is S=P(c1ccccc1)(c1ccncc1)c1cc2ccc(-c3ccc4nc5c6c7ccccc7ccc6c6cc7ccccc7cc6n5c4c3)cc2cn1. The lowest BCUT2D eigenvalue weighted by Crippen LogP contribution is -2.26. The average molecular weight is 713 g/mol. The Morgan fingerprint density at radius 2 is 1.17 bits per heavy atom. The van der Waals surface area contributed by atoms with Gasteiger partial charge in [-0.1, -0.05) is 121 Å². The third-order valence-corrected chi connectivity index (χ3v) is 15.5. The van der Waals surface area contributed by atoms with Crippen molar-refractivity contribution < 1.29 is 0 Å². The maximum atomic E-state index is 6.57. The standard InChI is InChI=1S/C47H29N4PS/c53-52(37-11-2-1-3-12-37,38-20-22-48-23-21-38)45-28-35-15-14-33(24-36(35)29-49-45)34-17-19-42-44(27-34)51-43-26-32-10-5-4-9-31(32)25-41(43)40-18-16-30-8-6-7-13-39(30)46(40)47(51)50-42/h1-29H. The topological polar surface area (TPSA) is 43.1 Å². The maximum Gasteiger partial charge on any atom is 0.147 e. The molecule has 1 atom stereocenters. The van der Waals surface area contributed by atoms with Crippen LogP contribution < -0.4 is 16.0 Å². The summed E-state index contributed by atoms with van der Waals surface area (Å²) in [5.41, 5.74) is 7.37. The molecule has 0 bridgehead atoms. The minimum absolute atomic E-state index is 0.927. The number of pyridine rings is 3. The molecule has 0 N–H and O–H groups in total. The molecule has 4 aromatic heterocycles. The van der Waals surface area contributed by atoms with Crippen molar-refractivity contribution in [2.75, 3.05) is 0 Å². The van der Waals surface area contributed by atoms with E-state index in [1.807, 2.05) is 36.8 Å². The van der Waals surface area contributed by atoms with Crippen molar-refractivity contribution in [2.24, 2.45) is 0 Å². The molecule has 0 fully saturated rings. The lowest BCUT2D eigenvalue weighted by atomic mass is 9.97. The van der Waals surface area contributed by atoms with E-state index >= 15 is 0 Å². The fourth-order valence-corrected chi connectivity index (χ4v) is 11.7. The molecule has 0 saturated carbocycles. The highest BCUT2D eigenvalue weighted by Gasteiger charge is 2.26. The van der Waals surface area contributed by atoms with Crippen LogP contribution in [-0.4, -0.2) is 19.4 Å². The molecule has 4 heterocycles. The Labute approximate surface area is 310 Å². The van der Waals surface area contributed by atoms with Gasteiger partial charge >= 0.3 is 0 Å². The van der Waals surface area contributed by atoms with Crippen LogP contribution in [-0.2, 0) is 11.8 Å². The quantitative estimate of drug-likeness (QED) is 0.104. The van der Waals surface area contributed by atoms with E-state index in [2.05, 4.69) is 149 Å². The monoisotopic (exact) mass is 712 g/mol. The molecule has 11 rings (SSSR count). The summed E-state index contributed by atoms with van der Waals surface area (Å²) in [7, 11) is 0. The molecule has 0 radical (unpaired) electrons.